The van der Waals surface area contributed by atoms with Crippen molar-refractivity contribution < 1.29 is 9.53 Å². The quantitative estimate of drug-likeness (QED) is 0.746. The molecule has 1 rings (SSSR count). The average molecular weight is 214 g/mol. The van der Waals surface area contributed by atoms with Crippen molar-refractivity contribution in [1.82, 2.24) is 4.90 Å². The van der Waals surface area contributed by atoms with Crippen LogP contribution < -0.4 is 5.73 Å². The van der Waals surface area contributed by atoms with Crippen LogP contribution in [0.1, 0.15) is 26.2 Å². The minimum absolute atomic E-state index is 0.195. The van der Waals surface area contributed by atoms with Crippen LogP contribution in [0, 0.1) is 5.92 Å². The minimum Gasteiger partial charge on any atom is -0.379 e. The predicted molar refractivity (Wildman–Crippen MR) is 59.4 cm³/mol. The van der Waals surface area contributed by atoms with Crippen LogP contribution >= 0.6 is 0 Å². The van der Waals surface area contributed by atoms with Crippen LogP contribution in [-0.4, -0.2) is 43.7 Å². The summed E-state index contributed by atoms with van der Waals surface area (Å²) in [4.78, 5) is 13.6. The first kappa shape index (κ1) is 12.5. The molecule has 0 bridgehead atoms. The zero-order chi connectivity index (χ0) is 11.3. The van der Waals surface area contributed by atoms with E-state index < -0.39 is 0 Å². The Hall–Kier alpha value is -0.610. The largest absolute Gasteiger partial charge is 0.379 e. The lowest BCUT2D eigenvalue weighted by Crippen LogP contribution is -2.46. The van der Waals surface area contributed by atoms with Crippen molar-refractivity contribution in [3.05, 3.63) is 0 Å². The molecule has 2 N–H and O–H groups in total. The van der Waals surface area contributed by atoms with E-state index in [1.54, 1.807) is 7.11 Å². The fourth-order valence-electron chi connectivity index (χ4n) is 1.98. The van der Waals surface area contributed by atoms with E-state index in [2.05, 4.69) is 6.92 Å². The van der Waals surface area contributed by atoms with Crippen molar-refractivity contribution in [2.45, 2.75) is 32.3 Å². The Bertz CT molecular complexity index is 209. The first-order valence-electron chi connectivity index (χ1n) is 5.69. The summed E-state index contributed by atoms with van der Waals surface area (Å²) in [5.41, 5.74) is 5.39. The zero-order valence-corrected chi connectivity index (χ0v) is 9.74. The van der Waals surface area contributed by atoms with Gasteiger partial charge in [0.1, 0.15) is 0 Å². The van der Waals surface area contributed by atoms with Crippen LogP contribution in [0.2, 0.25) is 0 Å². The van der Waals surface area contributed by atoms with Crippen LogP contribution in [0.15, 0.2) is 0 Å². The number of likely N-dealkylation sites (tertiary alicyclic amines) is 1. The summed E-state index contributed by atoms with van der Waals surface area (Å²) in [7, 11) is 1.72. The van der Waals surface area contributed by atoms with E-state index in [4.69, 9.17) is 10.5 Å². The maximum absolute atomic E-state index is 11.7. The van der Waals surface area contributed by atoms with Gasteiger partial charge in [-0.3, -0.25) is 4.79 Å². The van der Waals surface area contributed by atoms with E-state index in [1.165, 1.54) is 0 Å². The third kappa shape index (κ3) is 3.47. The maximum atomic E-state index is 11.7. The summed E-state index contributed by atoms with van der Waals surface area (Å²) in [5, 5.41) is 0. The first-order chi connectivity index (χ1) is 7.19. The van der Waals surface area contributed by atoms with Gasteiger partial charge in [-0.15, -0.1) is 0 Å². The van der Waals surface area contributed by atoms with Crippen LogP contribution in [0.3, 0.4) is 0 Å². The molecule has 1 aliphatic heterocycles. The molecular weight excluding hydrogens is 192 g/mol. The van der Waals surface area contributed by atoms with Crippen molar-refractivity contribution in [1.29, 1.82) is 0 Å². The highest BCUT2D eigenvalue weighted by Crippen LogP contribution is 2.19. The Kier molecular flexibility index (Phi) is 5.05. The van der Waals surface area contributed by atoms with Gasteiger partial charge in [0.2, 0.25) is 5.91 Å². The number of nitrogens with zero attached hydrogens (tertiary/aromatic N) is 1. The summed E-state index contributed by atoms with van der Waals surface area (Å²) in [6, 6.07) is 0. The molecule has 0 aromatic carbocycles. The molecule has 1 heterocycles. The number of carbonyl (C=O) groups excluding carboxylic acids is 1. The highest BCUT2D eigenvalue weighted by atomic mass is 16.5. The standard InChI is InChI=1S/C11H22N2O2/c1-9-5-7-13(8-10(9)15-2)11(14)4-3-6-12/h9-10H,3-8,12H2,1-2H3. The molecule has 4 heteroatoms. The van der Waals surface area contributed by atoms with Gasteiger partial charge in [0.05, 0.1) is 6.10 Å². The summed E-state index contributed by atoms with van der Waals surface area (Å²) in [5.74, 6) is 0.767. The third-order valence-corrected chi connectivity index (χ3v) is 3.14. The van der Waals surface area contributed by atoms with Gasteiger partial charge in [-0.2, -0.15) is 0 Å². The average Bonchev–Trinajstić information content (AvgIpc) is 2.26. The number of nitrogens with two attached hydrogens (primary N) is 1. The molecule has 0 saturated carbocycles. The fourth-order valence-corrected chi connectivity index (χ4v) is 1.98. The highest BCUT2D eigenvalue weighted by molar-refractivity contribution is 5.76. The summed E-state index contributed by atoms with van der Waals surface area (Å²) in [6.45, 7) is 4.37. The molecule has 0 radical (unpaired) electrons. The van der Waals surface area contributed by atoms with Crippen molar-refractivity contribution in [2.75, 3.05) is 26.7 Å². The molecule has 0 spiro atoms. The number of amides is 1. The lowest BCUT2D eigenvalue weighted by Gasteiger charge is -2.36. The van der Waals surface area contributed by atoms with Gasteiger partial charge in [0.15, 0.2) is 0 Å². The van der Waals surface area contributed by atoms with Crippen LogP contribution in [0.5, 0.6) is 0 Å². The predicted octanol–water partition coefficient (Wildman–Crippen LogP) is 0.609. The van der Waals surface area contributed by atoms with Gasteiger partial charge >= 0.3 is 0 Å². The lowest BCUT2D eigenvalue weighted by atomic mass is 9.95. The van der Waals surface area contributed by atoms with Crippen LogP contribution in [0.4, 0.5) is 0 Å². The van der Waals surface area contributed by atoms with Gasteiger partial charge in [-0.25, -0.2) is 0 Å². The second-order valence-electron chi connectivity index (χ2n) is 4.27. The van der Waals surface area contributed by atoms with Crippen LogP contribution in [-0.2, 0) is 9.53 Å². The summed E-state index contributed by atoms with van der Waals surface area (Å²) < 4.78 is 5.37. The lowest BCUT2D eigenvalue weighted by molar-refractivity contribution is -0.136. The molecule has 88 valence electrons. The molecule has 0 aliphatic carbocycles. The SMILES string of the molecule is COC1CN(C(=O)CCCN)CCC1C. The topological polar surface area (TPSA) is 55.6 Å². The van der Waals surface area contributed by atoms with Gasteiger partial charge in [0.25, 0.3) is 0 Å². The van der Waals surface area contributed by atoms with Gasteiger partial charge in [0, 0.05) is 26.6 Å². The normalized spacial score (nSPS) is 26.7. The zero-order valence-electron chi connectivity index (χ0n) is 9.74. The molecule has 2 unspecified atom stereocenters. The maximum Gasteiger partial charge on any atom is 0.222 e. The summed E-state index contributed by atoms with van der Waals surface area (Å²) in [6.07, 6.45) is 2.58. The van der Waals surface area contributed by atoms with Crippen molar-refractivity contribution >= 4 is 5.91 Å². The minimum atomic E-state index is 0.195. The van der Waals surface area contributed by atoms with E-state index >= 15 is 0 Å². The molecule has 0 aromatic heterocycles. The Morgan fingerprint density at radius 1 is 1.60 bits per heavy atom. The number of piperidine rings is 1. The number of methoxy groups -OCH3 is 1. The smallest absolute Gasteiger partial charge is 0.222 e. The van der Waals surface area contributed by atoms with Crippen molar-refractivity contribution in [2.24, 2.45) is 11.7 Å². The molecule has 1 saturated heterocycles. The van der Waals surface area contributed by atoms with Gasteiger partial charge < -0.3 is 15.4 Å². The molecule has 1 fully saturated rings. The van der Waals surface area contributed by atoms with E-state index in [-0.39, 0.29) is 12.0 Å². The summed E-state index contributed by atoms with van der Waals surface area (Å²) >= 11 is 0. The second kappa shape index (κ2) is 6.08. The number of carbonyl (C=O) groups is 1. The fraction of sp³-hybridized carbons (Fsp3) is 0.909. The molecule has 1 amide bonds. The Labute approximate surface area is 91.8 Å². The Morgan fingerprint density at radius 2 is 2.33 bits per heavy atom. The molecule has 15 heavy (non-hydrogen) atoms. The van der Waals surface area contributed by atoms with E-state index in [0.717, 1.165) is 25.9 Å². The third-order valence-electron chi connectivity index (χ3n) is 3.14. The molecule has 2 atom stereocenters. The Morgan fingerprint density at radius 3 is 2.93 bits per heavy atom. The number of hydrogen-bond acceptors (Lipinski definition) is 3. The van der Waals surface area contributed by atoms with E-state index in [1.807, 2.05) is 4.90 Å². The van der Waals surface area contributed by atoms with E-state index in [9.17, 15) is 4.79 Å². The number of hydrogen-bond donors (Lipinski definition) is 1. The van der Waals surface area contributed by atoms with Crippen molar-refractivity contribution in [3.63, 3.8) is 0 Å². The van der Waals surface area contributed by atoms with Gasteiger partial charge in [-0.05, 0) is 25.3 Å². The molecule has 4 nitrogen and oxygen atoms in total. The highest BCUT2D eigenvalue weighted by Gasteiger charge is 2.28. The number of rotatable bonds is 4. The molecule has 0 aromatic rings. The monoisotopic (exact) mass is 214 g/mol. The first-order valence-corrected chi connectivity index (χ1v) is 5.69. The Balaban J connectivity index is 2.40. The van der Waals surface area contributed by atoms with Gasteiger partial charge in [-0.1, -0.05) is 6.92 Å². The molecule has 1 aliphatic rings. The van der Waals surface area contributed by atoms with Crippen LogP contribution in [0.25, 0.3) is 0 Å². The van der Waals surface area contributed by atoms with E-state index in [0.29, 0.717) is 18.9 Å². The molecular formula is C11H22N2O2. The van der Waals surface area contributed by atoms with Crippen molar-refractivity contribution in [3.8, 4) is 0 Å². The second-order valence-corrected chi connectivity index (χ2v) is 4.27. The number of ether oxygens (including phenoxy) is 1.